The Hall–Kier alpha value is -0.640. The SMILES string of the molecule is CCCCCCCC(NN)c1ccncc1Cl. The topological polar surface area (TPSA) is 50.9 Å². The van der Waals surface area contributed by atoms with Crippen LogP contribution in [0.1, 0.15) is 57.1 Å². The Morgan fingerprint density at radius 1 is 1.35 bits per heavy atom. The first kappa shape index (κ1) is 14.4. The molecule has 1 rings (SSSR count). The maximum absolute atomic E-state index is 6.10. The summed E-state index contributed by atoms with van der Waals surface area (Å²) in [6.07, 6.45) is 10.8. The molecule has 3 nitrogen and oxygen atoms in total. The molecule has 1 heterocycles. The molecular weight excluding hydrogens is 234 g/mol. The minimum atomic E-state index is 0.132. The third-order valence-corrected chi connectivity index (χ3v) is 3.29. The van der Waals surface area contributed by atoms with Gasteiger partial charge in [0, 0.05) is 18.4 Å². The van der Waals surface area contributed by atoms with Crippen LogP contribution in [0.15, 0.2) is 18.5 Å². The normalized spacial score (nSPS) is 12.6. The maximum Gasteiger partial charge on any atom is 0.0637 e. The summed E-state index contributed by atoms with van der Waals surface area (Å²) in [5.41, 5.74) is 3.88. The second kappa shape index (κ2) is 8.45. The molecule has 0 fully saturated rings. The Kier molecular flexibility index (Phi) is 7.17. The van der Waals surface area contributed by atoms with E-state index in [-0.39, 0.29) is 6.04 Å². The molecule has 1 atom stereocenters. The van der Waals surface area contributed by atoms with Gasteiger partial charge in [0.05, 0.1) is 5.02 Å². The Bertz CT molecular complexity index is 317. The zero-order chi connectivity index (χ0) is 12.5. The van der Waals surface area contributed by atoms with Gasteiger partial charge in [-0.05, 0) is 18.1 Å². The lowest BCUT2D eigenvalue weighted by atomic mass is 10.0. The average molecular weight is 256 g/mol. The van der Waals surface area contributed by atoms with Crippen molar-refractivity contribution in [2.45, 2.75) is 51.5 Å². The number of nitrogens with two attached hydrogens (primary N) is 1. The monoisotopic (exact) mass is 255 g/mol. The van der Waals surface area contributed by atoms with E-state index in [1.807, 2.05) is 6.07 Å². The number of hydrogen-bond acceptors (Lipinski definition) is 3. The molecule has 0 bridgehead atoms. The lowest BCUT2D eigenvalue weighted by Gasteiger charge is -2.17. The molecule has 0 aromatic carbocycles. The number of rotatable bonds is 8. The van der Waals surface area contributed by atoms with Crippen LogP contribution in [0.5, 0.6) is 0 Å². The Morgan fingerprint density at radius 2 is 2.12 bits per heavy atom. The highest BCUT2D eigenvalue weighted by Gasteiger charge is 2.12. The molecule has 0 radical (unpaired) electrons. The highest BCUT2D eigenvalue weighted by Crippen LogP contribution is 2.25. The number of nitrogens with zero attached hydrogens (tertiary/aromatic N) is 1. The van der Waals surface area contributed by atoms with E-state index in [9.17, 15) is 0 Å². The van der Waals surface area contributed by atoms with Crippen LogP contribution >= 0.6 is 11.6 Å². The van der Waals surface area contributed by atoms with Crippen molar-refractivity contribution >= 4 is 11.6 Å². The van der Waals surface area contributed by atoms with Crippen LogP contribution < -0.4 is 11.3 Å². The van der Waals surface area contributed by atoms with Crippen molar-refractivity contribution in [2.24, 2.45) is 5.84 Å². The van der Waals surface area contributed by atoms with Crippen molar-refractivity contribution in [3.63, 3.8) is 0 Å². The molecule has 0 amide bonds. The van der Waals surface area contributed by atoms with Gasteiger partial charge in [-0.15, -0.1) is 0 Å². The Balaban J connectivity index is 2.41. The summed E-state index contributed by atoms with van der Waals surface area (Å²) in [6, 6.07) is 2.06. The zero-order valence-electron chi connectivity index (χ0n) is 10.5. The van der Waals surface area contributed by atoms with E-state index >= 15 is 0 Å². The van der Waals surface area contributed by atoms with E-state index in [1.54, 1.807) is 12.4 Å². The number of hydrazine groups is 1. The van der Waals surface area contributed by atoms with E-state index in [4.69, 9.17) is 17.4 Å². The van der Waals surface area contributed by atoms with Gasteiger partial charge in [-0.3, -0.25) is 16.3 Å². The van der Waals surface area contributed by atoms with E-state index in [1.165, 1.54) is 32.1 Å². The van der Waals surface area contributed by atoms with Crippen molar-refractivity contribution in [1.29, 1.82) is 0 Å². The van der Waals surface area contributed by atoms with Gasteiger partial charge in [-0.1, -0.05) is 50.6 Å². The van der Waals surface area contributed by atoms with Crippen molar-refractivity contribution in [1.82, 2.24) is 10.4 Å². The molecule has 0 aliphatic heterocycles. The van der Waals surface area contributed by atoms with E-state index in [2.05, 4.69) is 17.3 Å². The molecule has 0 saturated heterocycles. The van der Waals surface area contributed by atoms with Gasteiger partial charge in [-0.2, -0.15) is 0 Å². The number of nitrogens with one attached hydrogen (secondary N) is 1. The fourth-order valence-corrected chi connectivity index (χ4v) is 2.20. The second-order valence-corrected chi connectivity index (χ2v) is 4.73. The van der Waals surface area contributed by atoms with Crippen molar-refractivity contribution in [3.05, 3.63) is 29.0 Å². The lowest BCUT2D eigenvalue weighted by molar-refractivity contribution is 0.479. The number of aromatic nitrogens is 1. The molecule has 17 heavy (non-hydrogen) atoms. The third kappa shape index (κ3) is 5.02. The van der Waals surface area contributed by atoms with Crippen LogP contribution in [0.3, 0.4) is 0 Å². The lowest BCUT2D eigenvalue weighted by Crippen LogP contribution is -2.28. The van der Waals surface area contributed by atoms with Crippen LogP contribution in [-0.2, 0) is 0 Å². The summed E-state index contributed by atoms with van der Waals surface area (Å²) in [6.45, 7) is 2.22. The van der Waals surface area contributed by atoms with Gasteiger partial charge in [0.1, 0.15) is 0 Å². The minimum Gasteiger partial charge on any atom is -0.271 e. The molecule has 1 aromatic rings. The van der Waals surface area contributed by atoms with E-state index in [0.717, 1.165) is 12.0 Å². The predicted octanol–water partition coefficient (Wildman–Crippen LogP) is 3.60. The van der Waals surface area contributed by atoms with Crippen LogP contribution in [-0.4, -0.2) is 4.98 Å². The van der Waals surface area contributed by atoms with Crippen LogP contribution in [0.4, 0.5) is 0 Å². The highest BCUT2D eigenvalue weighted by molar-refractivity contribution is 6.31. The Labute approximate surface area is 109 Å². The van der Waals surface area contributed by atoms with Gasteiger partial charge in [0.15, 0.2) is 0 Å². The number of hydrogen-bond donors (Lipinski definition) is 2. The quantitative estimate of drug-likeness (QED) is 0.424. The predicted molar refractivity (Wildman–Crippen MR) is 72.7 cm³/mol. The number of pyridine rings is 1. The molecule has 0 saturated carbocycles. The first-order valence-electron chi connectivity index (χ1n) is 6.35. The molecule has 0 spiro atoms. The summed E-state index contributed by atoms with van der Waals surface area (Å²) in [4.78, 5) is 3.98. The van der Waals surface area contributed by atoms with E-state index in [0.29, 0.717) is 5.02 Å². The standard InChI is InChI=1S/C13H22ClN3/c1-2-3-4-5-6-7-13(17-15)11-8-9-16-10-12(11)14/h8-10,13,17H,2-7,15H2,1H3. The third-order valence-electron chi connectivity index (χ3n) is 2.98. The molecule has 0 aliphatic rings. The maximum atomic E-state index is 6.10. The molecule has 0 aliphatic carbocycles. The number of halogens is 1. The summed E-state index contributed by atoms with van der Waals surface area (Å²) in [5, 5.41) is 0.684. The average Bonchev–Trinajstić information content (AvgIpc) is 2.35. The molecular formula is C13H22ClN3. The van der Waals surface area contributed by atoms with Gasteiger partial charge in [-0.25, -0.2) is 0 Å². The molecule has 4 heteroatoms. The van der Waals surface area contributed by atoms with E-state index < -0.39 is 0 Å². The zero-order valence-corrected chi connectivity index (χ0v) is 11.2. The van der Waals surface area contributed by atoms with Gasteiger partial charge in [0.2, 0.25) is 0 Å². The first-order chi connectivity index (χ1) is 8.29. The molecule has 3 N–H and O–H groups in total. The molecule has 1 unspecified atom stereocenters. The van der Waals surface area contributed by atoms with Crippen LogP contribution in [0.25, 0.3) is 0 Å². The summed E-state index contributed by atoms with van der Waals surface area (Å²) in [7, 11) is 0. The Morgan fingerprint density at radius 3 is 2.76 bits per heavy atom. The summed E-state index contributed by atoms with van der Waals surface area (Å²) >= 11 is 6.10. The second-order valence-electron chi connectivity index (χ2n) is 4.32. The first-order valence-corrected chi connectivity index (χ1v) is 6.73. The molecule has 1 aromatic heterocycles. The summed E-state index contributed by atoms with van der Waals surface area (Å²) < 4.78 is 0. The van der Waals surface area contributed by atoms with Crippen molar-refractivity contribution in [3.8, 4) is 0 Å². The highest BCUT2D eigenvalue weighted by atomic mass is 35.5. The van der Waals surface area contributed by atoms with Crippen LogP contribution in [0.2, 0.25) is 5.02 Å². The van der Waals surface area contributed by atoms with Gasteiger partial charge >= 0.3 is 0 Å². The minimum absolute atomic E-state index is 0.132. The van der Waals surface area contributed by atoms with Gasteiger partial charge in [0.25, 0.3) is 0 Å². The molecule has 96 valence electrons. The largest absolute Gasteiger partial charge is 0.271 e. The number of unbranched alkanes of at least 4 members (excludes halogenated alkanes) is 4. The van der Waals surface area contributed by atoms with Gasteiger partial charge < -0.3 is 0 Å². The fourth-order valence-electron chi connectivity index (χ4n) is 1.95. The fraction of sp³-hybridized carbons (Fsp3) is 0.615. The van der Waals surface area contributed by atoms with Crippen molar-refractivity contribution in [2.75, 3.05) is 0 Å². The smallest absolute Gasteiger partial charge is 0.0637 e. The van der Waals surface area contributed by atoms with Crippen molar-refractivity contribution < 1.29 is 0 Å². The summed E-state index contributed by atoms with van der Waals surface area (Å²) in [5.74, 6) is 5.59. The van der Waals surface area contributed by atoms with Crippen LogP contribution in [0, 0.1) is 0 Å².